The number of aromatic hydroxyl groups is 3. The molecule has 0 spiro atoms. The largest absolute Gasteiger partial charge is 0.508 e. The van der Waals surface area contributed by atoms with Crippen molar-refractivity contribution in [3.8, 4) is 17.2 Å². The van der Waals surface area contributed by atoms with E-state index in [-0.39, 0.29) is 11.4 Å². The summed E-state index contributed by atoms with van der Waals surface area (Å²) in [7, 11) is 0. The van der Waals surface area contributed by atoms with Crippen LogP contribution in [0.3, 0.4) is 0 Å². The Morgan fingerprint density at radius 2 is 1.62 bits per heavy atom. The molecule has 84 valence electrons. The first-order valence-corrected chi connectivity index (χ1v) is 4.31. The molecule has 0 aliphatic heterocycles. The molecule has 5 N–H and O–H groups in total. The number of nitrogens with two attached hydrogens (primary N) is 1. The van der Waals surface area contributed by atoms with Crippen molar-refractivity contribution in [1.82, 2.24) is 9.97 Å². The molecular weight excluding hydrogens is 210 g/mol. The summed E-state index contributed by atoms with van der Waals surface area (Å²) in [6.07, 6.45) is 4.88. The standard InChI is InChI=1S/C6H7NO3.C4H4N2/c7-4-1-3(8)2-5(9)6(4)10;1-2-5-4-6-3-1/h1-2,8-10H,7H2;1-4H. The first-order chi connectivity index (χ1) is 7.61. The molecular formula is C10H11N3O3. The second kappa shape index (κ2) is 5.40. The summed E-state index contributed by atoms with van der Waals surface area (Å²) >= 11 is 0. The maximum absolute atomic E-state index is 8.84. The van der Waals surface area contributed by atoms with E-state index >= 15 is 0 Å². The highest BCUT2D eigenvalue weighted by Crippen LogP contribution is 2.34. The monoisotopic (exact) mass is 221 g/mol. The number of phenolic OH excluding ortho intramolecular Hbond substituents is 3. The highest BCUT2D eigenvalue weighted by Gasteiger charge is 2.04. The number of rotatable bonds is 0. The Morgan fingerprint density at radius 3 is 2.00 bits per heavy atom. The second-order valence-corrected chi connectivity index (χ2v) is 2.81. The van der Waals surface area contributed by atoms with E-state index in [1.165, 1.54) is 6.33 Å². The predicted octanol–water partition coefficient (Wildman–Crippen LogP) is 0.862. The molecule has 6 nitrogen and oxygen atoms in total. The van der Waals surface area contributed by atoms with Gasteiger partial charge in [0.05, 0.1) is 5.69 Å². The predicted molar refractivity (Wildman–Crippen MR) is 57.9 cm³/mol. The number of aromatic nitrogens is 2. The minimum Gasteiger partial charge on any atom is -0.508 e. The average molecular weight is 221 g/mol. The third-order valence-corrected chi connectivity index (χ3v) is 1.58. The lowest BCUT2D eigenvalue weighted by Crippen LogP contribution is -1.84. The van der Waals surface area contributed by atoms with Gasteiger partial charge in [-0.1, -0.05) is 0 Å². The van der Waals surface area contributed by atoms with Crippen molar-refractivity contribution in [2.45, 2.75) is 0 Å². The van der Waals surface area contributed by atoms with Crippen LogP contribution in [0, 0.1) is 0 Å². The van der Waals surface area contributed by atoms with Gasteiger partial charge in [0, 0.05) is 24.5 Å². The number of anilines is 1. The van der Waals surface area contributed by atoms with Gasteiger partial charge in [-0.3, -0.25) is 0 Å². The molecule has 0 radical (unpaired) electrons. The molecule has 6 heteroatoms. The van der Waals surface area contributed by atoms with Crippen LogP contribution < -0.4 is 5.73 Å². The van der Waals surface area contributed by atoms with Gasteiger partial charge in [-0.05, 0) is 6.07 Å². The summed E-state index contributed by atoms with van der Waals surface area (Å²) in [5, 5.41) is 26.4. The molecule has 0 atom stereocenters. The Morgan fingerprint density at radius 1 is 1.00 bits per heavy atom. The minimum absolute atomic E-state index is 0.0440. The zero-order valence-electron chi connectivity index (χ0n) is 8.28. The van der Waals surface area contributed by atoms with Crippen LogP contribution in [0.2, 0.25) is 0 Å². The summed E-state index contributed by atoms with van der Waals surface area (Å²) in [5.74, 6) is -0.997. The van der Waals surface area contributed by atoms with Gasteiger partial charge in [-0.15, -0.1) is 0 Å². The van der Waals surface area contributed by atoms with Crippen LogP contribution in [0.4, 0.5) is 5.69 Å². The highest BCUT2D eigenvalue weighted by molar-refractivity contribution is 5.62. The first-order valence-electron chi connectivity index (χ1n) is 4.31. The van der Waals surface area contributed by atoms with Gasteiger partial charge < -0.3 is 21.1 Å². The van der Waals surface area contributed by atoms with Crippen LogP contribution in [0.1, 0.15) is 0 Å². The lowest BCUT2D eigenvalue weighted by Gasteiger charge is -2.00. The van der Waals surface area contributed by atoms with E-state index in [0.717, 1.165) is 12.1 Å². The molecule has 0 unspecified atom stereocenters. The number of nitrogens with zero attached hydrogens (tertiary/aromatic N) is 2. The zero-order chi connectivity index (χ0) is 12.0. The molecule has 0 aliphatic carbocycles. The van der Waals surface area contributed by atoms with Gasteiger partial charge in [0.1, 0.15) is 12.1 Å². The Labute approximate surface area is 91.7 Å². The van der Waals surface area contributed by atoms with E-state index in [4.69, 9.17) is 21.1 Å². The summed E-state index contributed by atoms with van der Waals surface area (Å²) in [5.41, 5.74) is 5.11. The van der Waals surface area contributed by atoms with E-state index in [9.17, 15) is 0 Å². The van der Waals surface area contributed by atoms with Crippen LogP contribution in [-0.2, 0) is 0 Å². The van der Waals surface area contributed by atoms with Crippen molar-refractivity contribution >= 4 is 5.69 Å². The molecule has 1 aromatic carbocycles. The van der Waals surface area contributed by atoms with E-state index in [0.29, 0.717) is 0 Å². The Kier molecular flexibility index (Phi) is 3.90. The summed E-state index contributed by atoms with van der Waals surface area (Å²) < 4.78 is 0. The molecule has 0 bridgehead atoms. The van der Waals surface area contributed by atoms with E-state index in [1.807, 2.05) is 0 Å². The van der Waals surface area contributed by atoms with Crippen molar-refractivity contribution in [2.24, 2.45) is 0 Å². The van der Waals surface area contributed by atoms with Crippen molar-refractivity contribution < 1.29 is 15.3 Å². The molecule has 0 fully saturated rings. The van der Waals surface area contributed by atoms with Crippen LogP contribution in [0.5, 0.6) is 17.2 Å². The smallest absolute Gasteiger partial charge is 0.181 e. The average Bonchev–Trinajstić information content (AvgIpc) is 2.29. The third-order valence-electron chi connectivity index (χ3n) is 1.58. The van der Waals surface area contributed by atoms with E-state index in [1.54, 1.807) is 18.5 Å². The van der Waals surface area contributed by atoms with Gasteiger partial charge in [0.15, 0.2) is 11.5 Å². The molecule has 2 aromatic rings. The number of nitrogen functional groups attached to an aromatic ring is 1. The van der Waals surface area contributed by atoms with Gasteiger partial charge in [0.25, 0.3) is 0 Å². The first kappa shape index (κ1) is 11.6. The zero-order valence-corrected chi connectivity index (χ0v) is 8.28. The fourth-order valence-electron chi connectivity index (χ4n) is 0.879. The molecule has 2 rings (SSSR count). The summed E-state index contributed by atoms with van der Waals surface area (Å²) in [4.78, 5) is 7.35. The number of phenols is 3. The lowest BCUT2D eigenvalue weighted by atomic mass is 10.2. The second-order valence-electron chi connectivity index (χ2n) is 2.81. The van der Waals surface area contributed by atoms with Crippen molar-refractivity contribution in [3.05, 3.63) is 36.9 Å². The van der Waals surface area contributed by atoms with E-state index < -0.39 is 11.5 Å². The maximum atomic E-state index is 8.84. The normalized spacial score (nSPS) is 9.00. The fourth-order valence-corrected chi connectivity index (χ4v) is 0.879. The highest BCUT2D eigenvalue weighted by atomic mass is 16.3. The summed E-state index contributed by atoms with van der Waals surface area (Å²) in [6.45, 7) is 0. The molecule has 16 heavy (non-hydrogen) atoms. The topological polar surface area (TPSA) is 112 Å². The molecule has 1 aromatic heterocycles. The van der Waals surface area contributed by atoms with Crippen LogP contribution in [0.25, 0.3) is 0 Å². The van der Waals surface area contributed by atoms with Crippen molar-refractivity contribution in [1.29, 1.82) is 0 Å². The van der Waals surface area contributed by atoms with Crippen LogP contribution in [0.15, 0.2) is 36.9 Å². The number of hydrogen-bond acceptors (Lipinski definition) is 6. The number of benzene rings is 1. The van der Waals surface area contributed by atoms with E-state index in [2.05, 4.69) is 9.97 Å². The van der Waals surface area contributed by atoms with Gasteiger partial charge in [-0.25, -0.2) is 9.97 Å². The third kappa shape index (κ3) is 3.33. The fraction of sp³-hybridized carbons (Fsp3) is 0. The molecule has 0 saturated carbocycles. The molecule has 0 saturated heterocycles. The van der Waals surface area contributed by atoms with Crippen LogP contribution >= 0.6 is 0 Å². The van der Waals surface area contributed by atoms with Crippen LogP contribution in [-0.4, -0.2) is 25.3 Å². The van der Waals surface area contributed by atoms with Crippen molar-refractivity contribution in [3.63, 3.8) is 0 Å². The molecule has 1 heterocycles. The molecule has 0 amide bonds. The minimum atomic E-state index is -0.419. The Hall–Kier alpha value is -2.50. The quantitative estimate of drug-likeness (QED) is 0.298. The molecule has 0 aliphatic rings. The van der Waals surface area contributed by atoms with Crippen molar-refractivity contribution in [2.75, 3.05) is 5.73 Å². The lowest BCUT2D eigenvalue weighted by molar-refractivity contribution is 0.398. The Bertz CT molecular complexity index is 399. The van der Waals surface area contributed by atoms with Gasteiger partial charge in [-0.2, -0.15) is 0 Å². The van der Waals surface area contributed by atoms with Gasteiger partial charge >= 0.3 is 0 Å². The maximum Gasteiger partial charge on any atom is 0.181 e. The Balaban J connectivity index is 0.000000181. The SMILES string of the molecule is Nc1cc(O)cc(O)c1O.c1cncnc1. The summed E-state index contributed by atoms with van der Waals surface area (Å²) in [6, 6.07) is 3.93. The number of hydrogen-bond donors (Lipinski definition) is 4. The van der Waals surface area contributed by atoms with Gasteiger partial charge in [0.2, 0.25) is 0 Å².